The Labute approximate surface area is 134 Å². The third kappa shape index (κ3) is 4.82. The van der Waals surface area contributed by atoms with Crippen LogP contribution in [0.3, 0.4) is 0 Å². The molecule has 1 saturated heterocycles. The molecule has 24 heavy (non-hydrogen) atoms. The van der Waals surface area contributed by atoms with Crippen LogP contribution in [0.1, 0.15) is 18.2 Å². The fourth-order valence-corrected chi connectivity index (χ4v) is 2.04. The van der Waals surface area contributed by atoms with Crippen molar-refractivity contribution in [2.45, 2.75) is 31.7 Å². The number of aromatic nitrogens is 2. The van der Waals surface area contributed by atoms with E-state index in [0.29, 0.717) is 5.56 Å². The summed E-state index contributed by atoms with van der Waals surface area (Å²) in [7, 11) is 0. The Bertz CT molecular complexity index is 737. The summed E-state index contributed by atoms with van der Waals surface area (Å²) in [6, 6.07) is -1.48. The molecule has 6 N–H and O–H groups in total. The zero-order valence-corrected chi connectivity index (χ0v) is 12.6. The first-order valence-corrected chi connectivity index (χ1v) is 6.66. The monoisotopic (exact) mass is 343 g/mol. The molecule has 1 aromatic rings. The number of H-pyrrole nitrogens is 1. The van der Waals surface area contributed by atoms with E-state index in [1.807, 2.05) is 0 Å². The number of hydrogen-bond acceptors (Lipinski definition) is 7. The average molecular weight is 343 g/mol. The number of carbonyl (C=O) groups is 1. The highest BCUT2D eigenvalue weighted by atomic mass is 16.5. The predicted molar refractivity (Wildman–Crippen MR) is 79.1 cm³/mol. The Hall–Kier alpha value is -2.86. The second-order valence-electron chi connectivity index (χ2n) is 4.77. The Morgan fingerprint density at radius 3 is 2.79 bits per heavy atom. The summed E-state index contributed by atoms with van der Waals surface area (Å²) in [4.78, 5) is 37.1. The Balaban J connectivity index is 0.000000505. The van der Waals surface area contributed by atoms with Gasteiger partial charge in [0, 0.05) is 23.1 Å². The Morgan fingerprint density at radius 2 is 2.29 bits per heavy atom. The van der Waals surface area contributed by atoms with Crippen molar-refractivity contribution in [3.05, 3.63) is 43.0 Å². The van der Waals surface area contributed by atoms with Gasteiger partial charge in [-0.2, -0.15) is 0 Å². The van der Waals surface area contributed by atoms with Gasteiger partial charge in [-0.3, -0.25) is 19.6 Å². The minimum atomic E-state index is -0.940. The van der Waals surface area contributed by atoms with E-state index in [4.69, 9.17) is 20.6 Å². The van der Waals surface area contributed by atoms with Crippen LogP contribution in [-0.4, -0.2) is 44.6 Å². The van der Waals surface area contributed by atoms with E-state index in [0.717, 1.165) is 0 Å². The lowest BCUT2D eigenvalue weighted by Gasteiger charge is -2.14. The molecule has 0 aromatic carbocycles. The molecule has 3 atom stereocenters. The number of aryl methyl sites for hydroxylation is 1. The van der Waals surface area contributed by atoms with Gasteiger partial charge in [0.05, 0.1) is 18.8 Å². The second-order valence-corrected chi connectivity index (χ2v) is 4.77. The fourth-order valence-electron chi connectivity index (χ4n) is 2.04. The largest absolute Gasteiger partial charge is 0.394 e. The number of hydroxylamine groups is 1. The molecular weight excluding hydrogens is 326 g/mol. The number of nitrogens with zero attached hydrogens (tertiary/aromatic N) is 4. The normalized spacial score (nSPS) is 22.0. The third-order valence-electron chi connectivity index (χ3n) is 3.15. The maximum atomic E-state index is 11.7. The summed E-state index contributed by atoms with van der Waals surface area (Å²) in [5, 5.41) is 20.1. The molecule has 13 heteroatoms. The standard InChI is InChI=1S/C10H13N5O4.CH4N2O2/c1-5-3-15(10(18)12-9(5)17)8-2-6(13-14-11)7(4-16)19-8;2-1(4)3-5/h3,6-8,16H,2,4H2,1H3,(H,12,17,18);5H,(H3,2,3,4)/t6-,7+,8+;/m0./s1. The second kappa shape index (κ2) is 8.69. The molecule has 0 radical (unpaired) electrons. The van der Waals surface area contributed by atoms with Crippen LogP contribution >= 0.6 is 0 Å². The Kier molecular flexibility index (Phi) is 6.95. The van der Waals surface area contributed by atoms with Gasteiger partial charge in [0.1, 0.15) is 6.23 Å². The zero-order chi connectivity index (χ0) is 18.3. The van der Waals surface area contributed by atoms with Crippen LogP contribution in [0.2, 0.25) is 0 Å². The van der Waals surface area contributed by atoms with Gasteiger partial charge in [-0.05, 0) is 12.5 Å². The van der Waals surface area contributed by atoms with Crippen molar-refractivity contribution in [2.75, 3.05) is 6.61 Å². The molecule has 0 unspecified atom stereocenters. The number of ether oxygens (including phenoxy) is 1. The van der Waals surface area contributed by atoms with Gasteiger partial charge in [-0.15, -0.1) is 0 Å². The Morgan fingerprint density at radius 1 is 1.67 bits per heavy atom. The van der Waals surface area contributed by atoms with E-state index in [1.54, 1.807) is 6.92 Å². The zero-order valence-electron chi connectivity index (χ0n) is 12.6. The summed E-state index contributed by atoms with van der Waals surface area (Å²) < 4.78 is 6.69. The highest BCUT2D eigenvalue weighted by Crippen LogP contribution is 2.29. The number of aromatic amines is 1. The van der Waals surface area contributed by atoms with Crippen molar-refractivity contribution in [2.24, 2.45) is 10.8 Å². The number of azide groups is 1. The van der Waals surface area contributed by atoms with Gasteiger partial charge in [0.25, 0.3) is 5.56 Å². The van der Waals surface area contributed by atoms with Crippen LogP contribution in [0.4, 0.5) is 4.79 Å². The first-order valence-electron chi connectivity index (χ1n) is 6.66. The summed E-state index contributed by atoms with van der Waals surface area (Å²) in [5.74, 6) is 0. The lowest BCUT2D eigenvalue weighted by Crippen LogP contribution is -2.33. The van der Waals surface area contributed by atoms with Crippen LogP contribution in [-0.2, 0) is 4.74 Å². The number of aliphatic hydroxyl groups is 1. The van der Waals surface area contributed by atoms with Crippen molar-refractivity contribution >= 4 is 6.03 Å². The van der Waals surface area contributed by atoms with E-state index >= 15 is 0 Å². The lowest BCUT2D eigenvalue weighted by molar-refractivity contribution is -0.0271. The van der Waals surface area contributed by atoms with E-state index in [2.05, 4.69) is 20.7 Å². The van der Waals surface area contributed by atoms with E-state index in [-0.39, 0.29) is 13.0 Å². The topological polar surface area (TPSA) is 208 Å². The molecule has 0 bridgehead atoms. The smallest absolute Gasteiger partial charge is 0.335 e. The number of carbonyl (C=O) groups excluding carboxylic acids is 1. The first-order chi connectivity index (χ1) is 11.3. The van der Waals surface area contributed by atoms with E-state index < -0.39 is 35.7 Å². The molecule has 1 fully saturated rings. The van der Waals surface area contributed by atoms with Gasteiger partial charge in [-0.25, -0.2) is 15.1 Å². The highest BCUT2D eigenvalue weighted by Gasteiger charge is 2.35. The number of hydrogen-bond donors (Lipinski definition) is 5. The van der Waals surface area contributed by atoms with Gasteiger partial charge in [-0.1, -0.05) is 5.11 Å². The minimum Gasteiger partial charge on any atom is -0.394 e. The molecule has 1 aliphatic heterocycles. The maximum absolute atomic E-state index is 11.7. The van der Waals surface area contributed by atoms with Gasteiger partial charge in [0.15, 0.2) is 0 Å². The summed E-state index contributed by atoms with van der Waals surface area (Å²) >= 11 is 0. The van der Waals surface area contributed by atoms with Crippen LogP contribution in [0.25, 0.3) is 10.4 Å². The van der Waals surface area contributed by atoms with Crippen LogP contribution in [0.5, 0.6) is 0 Å². The van der Waals surface area contributed by atoms with Crippen molar-refractivity contribution in [1.82, 2.24) is 15.0 Å². The van der Waals surface area contributed by atoms with E-state index in [1.165, 1.54) is 16.2 Å². The maximum Gasteiger partial charge on any atom is 0.335 e. The molecule has 2 rings (SSSR count). The molecule has 2 heterocycles. The summed E-state index contributed by atoms with van der Waals surface area (Å²) in [6.45, 7) is 1.26. The molecule has 1 aliphatic rings. The van der Waals surface area contributed by atoms with Gasteiger partial charge >= 0.3 is 11.7 Å². The third-order valence-corrected chi connectivity index (χ3v) is 3.15. The number of urea groups is 1. The number of aliphatic hydroxyl groups excluding tert-OH is 1. The number of nitrogens with one attached hydrogen (secondary N) is 2. The quantitative estimate of drug-likeness (QED) is 0.150. The van der Waals surface area contributed by atoms with E-state index in [9.17, 15) is 14.4 Å². The summed E-state index contributed by atoms with van der Waals surface area (Å²) in [5.41, 5.74) is 13.2. The molecule has 1 aromatic heterocycles. The molecule has 132 valence electrons. The number of rotatable bonds is 3. The van der Waals surface area contributed by atoms with Crippen LogP contribution in [0, 0.1) is 6.92 Å². The molecule has 13 nitrogen and oxygen atoms in total. The van der Waals surface area contributed by atoms with Crippen LogP contribution in [0.15, 0.2) is 20.9 Å². The fraction of sp³-hybridized carbons (Fsp3) is 0.545. The molecular formula is C11H17N7O6. The SMILES string of the molecule is Cc1cn([C@H]2C[C@H](N=[N+]=[N-])[C@@H](CO)O2)c(=O)[nH]c1=O.NC(=O)NO. The van der Waals surface area contributed by atoms with Crippen molar-refractivity contribution in [3.63, 3.8) is 0 Å². The van der Waals surface area contributed by atoms with Crippen molar-refractivity contribution in [3.8, 4) is 0 Å². The average Bonchev–Trinajstić information content (AvgIpc) is 2.94. The number of nitrogens with two attached hydrogens (primary N) is 1. The highest BCUT2D eigenvalue weighted by molar-refractivity contribution is 5.69. The molecule has 0 aliphatic carbocycles. The number of amides is 2. The predicted octanol–water partition coefficient (Wildman–Crippen LogP) is -1.15. The lowest BCUT2D eigenvalue weighted by atomic mass is 10.1. The van der Waals surface area contributed by atoms with Crippen molar-refractivity contribution < 1.29 is 19.8 Å². The van der Waals surface area contributed by atoms with Gasteiger partial charge in [0.2, 0.25) is 0 Å². The molecule has 0 spiro atoms. The molecule has 2 amide bonds. The first kappa shape index (κ1) is 19.2. The minimum absolute atomic E-state index is 0.265. The van der Waals surface area contributed by atoms with Crippen LogP contribution < -0.4 is 22.5 Å². The van der Waals surface area contributed by atoms with Gasteiger partial charge < -0.3 is 15.6 Å². The number of primary amides is 1. The summed E-state index contributed by atoms with van der Waals surface area (Å²) in [6.07, 6.45) is 0.329. The van der Waals surface area contributed by atoms with Crippen molar-refractivity contribution in [1.29, 1.82) is 0 Å². The molecule has 0 saturated carbocycles.